The summed E-state index contributed by atoms with van der Waals surface area (Å²) in [5.41, 5.74) is 2.31. The number of nitrogens with one attached hydrogen (secondary N) is 1. The lowest BCUT2D eigenvalue weighted by Crippen LogP contribution is -2.23. The number of hydrogen-bond acceptors (Lipinski definition) is 3. The van der Waals surface area contributed by atoms with E-state index >= 15 is 0 Å². The SMILES string of the molecule is Cc1ccc(CNC(=O)c2ccncc2Cl)cn1. The Kier molecular flexibility index (Phi) is 3.89. The smallest absolute Gasteiger partial charge is 0.253 e. The van der Waals surface area contributed by atoms with Crippen LogP contribution in [0.15, 0.2) is 36.8 Å². The van der Waals surface area contributed by atoms with Gasteiger partial charge in [-0.05, 0) is 24.6 Å². The predicted octanol–water partition coefficient (Wildman–Crippen LogP) is 2.37. The van der Waals surface area contributed by atoms with Gasteiger partial charge in [0, 0.05) is 30.8 Å². The minimum atomic E-state index is -0.219. The van der Waals surface area contributed by atoms with Crippen molar-refractivity contribution in [2.45, 2.75) is 13.5 Å². The second kappa shape index (κ2) is 5.60. The Bertz CT molecular complexity index is 554. The lowest BCUT2D eigenvalue weighted by Gasteiger charge is -2.06. The van der Waals surface area contributed by atoms with Crippen molar-refractivity contribution < 1.29 is 4.79 Å². The molecule has 0 spiro atoms. The van der Waals surface area contributed by atoms with Crippen molar-refractivity contribution >= 4 is 17.5 Å². The molecule has 0 aliphatic heterocycles. The van der Waals surface area contributed by atoms with Gasteiger partial charge in [-0.25, -0.2) is 0 Å². The molecule has 0 aliphatic rings. The van der Waals surface area contributed by atoms with Gasteiger partial charge < -0.3 is 5.32 Å². The number of rotatable bonds is 3. The summed E-state index contributed by atoms with van der Waals surface area (Å²) >= 11 is 5.89. The van der Waals surface area contributed by atoms with Crippen LogP contribution in [0.4, 0.5) is 0 Å². The molecule has 2 heterocycles. The number of pyridine rings is 2. The minimum absolute atomic E-state index is 0.219. The van der Waals surface area contributed by atoms with Gasteiger partial charge in [0.25, 0.3) is 5.91 Å². The van der Waals surface area contributed by atoms with Gasteiger partial charge in [-0.15, -0.1) is 0 Å². The van der Waals surface area contributed by atoms with Gasteiger partial charge in [-0.2, -0.15) is 0 Å². The quantitative estimate of drug-likeness (QED) is 0.923. The molecular weight excluding hydrogens is 250 g/mol. The molecule has 2 aromatic rings. The van der Waals surface area contributed by atoms with Gasteiger partial charge in [-0.3, -0.25) is 14.8 Å². The highest BCUT2D eigenvalue weighted by molar-refractivity contribution is 6.33. The minimum Gasteiger partial charge on any atom is -0.348 e. The van der Waals surface area contributed by atoms with Crippen LogP contribution in [0.1, 0.15) is 21.6 Å². The van der Waals surface area contributed by atoms with Crippen molar-refractivity contribution in [1.29, 1.82) is 0 Å². The van der Waals surface area contributed by atoms with E-state index in [0.29, 0.717) is 17.1 Å². The molecule has 0 bridgehead atoms. The molecule has 5 heteroatoms. The molecule has 1 N–H and O–H groups in total. The first-order valence-electron chi connectivity index (χ1n) is 5.46. The van der Waals surface area contributed by atoms with Crippen LogP contribution in [0, 0.1) is 6.92 Å². The Morgan fingerprint density at radius 1 is 1.33 bits per heavy atom. The monoisotopic (exact) mass is 261 g/mol. The topological polar surface area (TPSA) is 54.9 Å². The van der Waals surface area contributed by atoms with Crippen LogP contribution >= 0.6 is 11.6 Å². The molecular formula is C13H12ClN3O. The lowest BCUT2D eigenvalue weighted by molar-refractivity contribution is 0.0951. The zero-order chi connectivity index (χ0) is 13.0. The molecule has 0 atom stereocenters. The molecule has 0 saturated carbocycles. The summed E-state index contributed by atoms with van der Waals surface area (Å²) in [5.74, 6) is -0.219. The zero-order valence-corrected chi connectivity index (χ0v) is 10.6. The van der Waals surface area contributed by atoms with E-state index in [1.165, 1.54) is 12.4 Å². The molecule has 0 aliphatic carbocycles. The predicted molar refractivity (Wildman–Crippen MR) is 69.4 cm³/mol. The van der Waals surface area contributed by atoms with Crippen molar-refractivity contribution in [1.82, 2.24) is 15.3 Å². The van der Waals surface area contributed by atoms with Gasteiger partial charge in [0.05, 0.1) is 10.6 Å². The number of amides is 1. The summed E-state index contributed by atoms with van der Waals surface area (Å²) < 4.78 is 0. The molecule has 0 radical (unpaired) electrons. The fourth-order valence-electron chi connectivity index (χ4n) is 1.44. The van der Waals surface area contributed by atoms with E-state index in [9.17, 15) is 4.79 Å². The third-order valence-electron chi connectivity index (χ3n) is 2.44. The summed E-state index contributed by atoms with van der Waals surface area (Å²) in [5, 5.41) is 3.13. The third kappa shape index (κ3) is 3.05. The first-order valence-corrected chi connectivity index (χ1v) is 5.84. The van der Waals surface area contributed by atoms with E-state index in [1.807, 2.05) is 19.1 Å². The first kappa shape index (κ1) is 12.5. The van der Waals surface area contributed by atoms with Crippen LogP contribution in [0.3, 0.4) is 0 Å². The summed E-state index contributed by atoms with van der Waals surface area (Å²) in [6.45, 7) is 2.34. The Balaban J connectivity index is 2.01. The fourth-order valence-corrected chi connectivity index (χ4v) is 1.65. The number of aromatic nitrogens is 2. The number of hydrogen-bond donors (Lipinski definition) is 1. The lowest BCUT2D eigenvalue weighted by atomic mass is 10.2. The van der Waals surface area contributed by atoms with Crippen LogP contribution in [0.5, 0.6) is 0 Å². The van der Waals surface area contributed by atoms with E-state index in [1.54, 1.807) is 12.3 Å². The highest BCUT2D eigenvalue weighted by Crippen LogP contribution is 2.13. The Morgan fingerprint density at radius 3 is 2.83 bits per heavy atom. The molecule has 4 nitrogen and oxygen atoms in total. The van der Waals surface area contributed by atoms with Crippen molar-refractivity contribution in [2.75, 3.05) is 0 Å². The molecule has 92 valence electrons. The van der Waals surface area contributed by atoms with Gasteiger partial charge in [0.2, 0.25) is 0 Å². The van der Waals surface area contributed by atoms with Gasteiger partial charge in [-0.1, -0.05) is 17.7 Å². The third-order valence-corrected chi connectivity index (χ3v) is 2.74. The van der Waals surface area contributed by atoms with Gasteiger partial charge >= 0.3 is 0 Å². The molecule has 0 aromatic carbocycles. The Labute approximate surface area is 110 Å². The highest BCUT2D eigenvalue weighted by Gasteiger charge is 2.09. The summed E-state index contributed by atoms with van der Waals surface area (Å²) in [6, 6.07) is 5.42. The summed E-state index contributed by atoms with van der Waals surface area (Å²) in [7, 11) is 0. The van der Waals surface area contributed by atoms with Crippen LogP contribution in [-0.4, -0.2) is 15.9 Å². The van der Waals surface area contributed by atoms with E-state index in [2.05, 4.69) is 15.3 Å². The van der Waals surface area contributed by atoms with Crippen LogP contribution in [0.2, 0.25) is 5.02 Å². The average Bonchev–Trinajstić information content (AvgIpc) is 2.38. The number of halogens is 1. The van der Waals surface area contributed by atoms with Crippen molar-refractivity contribution in [3.63, 3.8) is 0 Å². The molecule has 0 fully saturated rings. The van der Waals surface area contributed by atoms with E-state index in [4.69, 9.17) is 11.6 Å². The molecule has 1 amide bonds. The Hall–Kier alpha value is -1.94. The van der Waals surface area contributed by atoms with Crippen molar-refractivity contribution in [3.8, 4) is 0 Å². The largest absolute Gasteiger partial charge is 0.348 e. The Morgan fingerprint density at radius 2 is 2.17 bits per heavy atom. The number of carbonyl (C=O) groups is 1. The maximum absolute atomic E-state index is 11.9. The van der Waals surface area contributed by atoms with Crippen LogP contribution in [0.25, 0.3) is 0 Å². The van der Waals surface area contributed by atoms with E-state index in [-0.39, 0.29) is 5.91 Å². The molecule has 0 saturated heterocycles. The van der Waals surface area contributed by atoms with Gasteiger partial charge in [0.15, 0.2) is 0 Å². The first-order chi connectivity index (χ1) is 8.66. The number of carbonyl (C=O) groups excluding carboxylic acids is 1. The molecule has 0 unspecified atom stereocenters. The number of aryl methyl sites for hydroxylation is 1. The second-order valence-corrected chi connectivity index (χ2v) is 4.25. The van der Waals surface area contributed by atoms with E-state index in [0.717, 1.165) is 11.3 Å². The van der Waals surface area contributed by atoms with Crippen molar-refractivity contribution in [2.24, 2.45) is 0 Å². The second-order valence-electron chi connectivity index (χ2n) is 3.85. The van der Waals surface area contributed by atoms with Crippen molar-refractivity contribution in [3.05, 3.63) is 58.6 Å². The van der Waals surface area contributed by atoms with Crippen LogP contribution in [-0.2, 0) is 6.54 Å². The molecule has 2 rings (SSSR count). The highest BCUT2D eigenvalue weighted by atomic mass is 35.5. The normalized spacial score (nSPS) is 10.1. The fraction of sp³-hybridized carbons (Fsp3) is 0.154. The molecule has 2 aromatic heterocycles. The standard InChI is InChI=1S/C13H12ClN3O/c1-9-2-3-10(6-16-9)7-17-13(18)11-4-5-15-8-12(11)14/h2-6,8H,7H2,1H3,(H,17,18). The summed E-state index contributed by atoms with van der Waals surface area (Å²) in [6.07, 6.45) is 4.72. The number of nitrogens with zero attached hydrogens (tertiary/aromatic N) is 2. The zero-order valence-electron chi connectivity index (χ0n) is 9.85. The molecule has 18 heavy (non-hydrogen) atoms. The van der Waals surface area contributed by atoms with E-state index < -0.39 is 0 Å². The average molecular weight is 262 g/mol. The maximum atomic E-state index is 11.9. The van der Waals surface area contributed by atoms with Gasteiger partial charge in [0.1, 0.15) is 0 Å². The summed E-state index contributed by atoms with van der Waals surface area (Å²) in [4.78, 5) is 19.9. The van der Waals surface area contributed by atoms with Crippen LogP contribution < -0.4 is 5.32 Å². The maximum Gasteiger partial charge on any atom is 0.253 e.